The maximum atomic E-state index is 5.70. The van der Waals surface area contributed by atoms with E-state index in [9.17, 15) is 0 Å². The van der Waals surface area contributed by atoms with Gasteiger partial charge in [-0.1, -0.05) is 6.92 Å². The van der Waals surface area contributed by atoms with Crippen molar-refractivity contribution in [2.75, 3.05) is 29.6 Å². The van der Waals surface area contributed by atoms with E-state index in [1.807, 2.05) is 0 Å². The van der Waals surface area contributed by atoms with Crippen molar-refractivity contribution in [2.24, 2.45) is 0 Å². The van der Waals surface area contributed by atoms with E-state index < -0.39 is 0 Å². The maximum absolute atomic E-state index is 5.70. The van der Waals surface area contributed by atoms with E-state index in [-0.39, 0.29) is 0 Å². The first-order valence-corrected chi connectivity index (χ1v) is 4.53. The fourth-order valence-corrected chi connectivity index (χ4v) is 1.27. The number of rotatable bonds is 4. The molecule has 5 heteroatoms. The number of hydrogen-bond acceptors (Lipinski definition) is 4. The Morgan fingerprint density at radius 2 is 2.23 bits per heavy atom. The van der Waals surface area contributed by atoms with Gasteiger partial charge in [0, 0.05) is 13.1 Å². The molecule has 1 aromatic heterocycles. The van der Waals surface area contributed by atoms with Gasteiger partial charge in [0.25, 0.3) is 0 Å². The smallest absolute Gasteiger partial charge is 0.226 e. The van der Waals surface area contributed by atoms with Crippen molar-refractivity contribution in [3.05, 3.63) is 6.20 Å². The summed E-state index contributed by atoms with van der Waals surface area (Å²) >= 11 is 0. The molecule has 0 aromatic carbocycles. The first-order valence-electron chi connectivity index (χ1n) is 4.53. The fraction of sp³-hybridized carbons (Fsp3) is 0.625. The van der Waals surface area contributed by atoms with Crippen molar-refractivity contribution < 1.29 is 0 Å². The average Bonchev–Trinajstić information content (AvgIpc) is 2.45. The van der Waals surface area contributed by atoms with Crippen molar-refractivity contribution >= 4 is 11.8 Å². The first-order chi connectivity index (χ1) is 6.20. The summed E-state index contributed by atoms with van der Waals surface area (Å²) in [4.78, 5) is 6.24. The summed E-state index contributed by atoms with van der Waals surface area (Å²) in [6, 6.07) is 0. The highest BCUT2D eigenvalue weighted by molar-refractivity contribution is 5.42. The summed E-state index contributed by atoms with van der Waals surface area (Å²) in [5.74, 6) is 6.92. The van der Waals surface area contributed by atoms with E-state index in [1.54, 1.807) is 6.20 Å². The van der Waals surface area contributed by atoms with Crippen LogP contribution in [0.25, 0.3) is 0 Å². The zero-order valence-electron chi connectivity index (χ0n) is 8.20. The van der Waals surface area contributed by atoms with Crippen molar-refractivity contribution in [1.29, 1.82) is 0 Å². The second-order valence-corrected chi connectivity index (χ2v) is 2.93. The van der Waals surface area contributed by atoms with Gasteiger partial charge in [-0.25, -0.2) is 9.66 Å². The Hall–Kier alpha value is -1.39. The zero-order valence-corrected chi connectivity index (χ0v) is 8.20. The van der Waals surface area contributed by atoms with Gasteiger partial charge in [-0.15, -0.1) is 0 Å². The van der Waals surface area contributed by atoms with Gasteiger partial charge in [0.1, 0.15) is 5.82 Å². The van der Waals surface area contributed by atoms with E-state index >= 15 is 0 Å². The summed E-state index contributed by atoms with van der Waals surface area (Å²) in [6.45, 7) is 6.03. The second kappa shape index (κ2) is 4.02. The molecular weight excluding hydrogens is 166 g/mol. The van der Waals surface area contributed by atoms with Gasteiger partial charge in [0.05, 0.1) is 6.20 Å². The molecule has 0 spiro atoms. The van der Waals surface area contributed by atoms with Gasteiger partial charge < -0.3 is 16.5 Å². The molecule has 5 nitrogen and oxygen atoms in total. The summed E-state index contributed by atoms with van der Waals surface area (Å²) in [5, 5.41) is 0. The van der Waals surface area contributed by atoms with Crippen LogP contribution in [-0.2, 0) is 0 Å². The predicted molar refractivity (Wildman–Crippen MR) is 55.0 cm³/mol. The van der Waals surface area contributed by atoms with Crippen LogP contribution in [0.3, 0.4) is 0 Å². The molecule has 1 rings (SSSR count). The van der Waals surface area contributed by atoms with Gasteiger partial charge in [-0.05, 0) is 13.3 Å². The predicted octanol–water partition coefficient (Wildman–Crippen LogP) is 0.415. The molecule has 0 saturated heterocycles. The van der Waals surface area contributed by atoms with E-state index in [4.69, 9.17) is 11.6 Å². The minimum Gasteiger partial charge on any atom is -0.382 e. The average molecular weight is 183 g/mol. The first kappa shape index (κ1) is 9.70. The van der Waals surface area contributed by atoms with E-state index in [1.165, 1.54) is 4.68 Å². The number of nitrogen functional groups attached to an aromatic ring is 2. The largest absolute Gasteiger partial charge is 0.382 e. The van der Waals surface area contributed by atoms with Crippen LogP contribution in [0.2, 0.25) is 0 Å². The Kier molecular flexibility index (Phi) is 3.00. The molecule has 0 amide bonds. The van der Waals surface area contributed by atoms with E-state index in [0.717, 1.165) is 25.5 Å². The molecule has 0 aliphatic carbocycles. The summed E-state index contributed by atoms with van der Waals surface area (Å²) < 4.78 is 1.42. The standard InChI is InChI=1S/C8H17N5/c1-3-5-12(4-2)8-11-6-7(9)13(8)10/h6H,3-5,9-10H2,1-2H3. The van der Waals surface area contributed by atoms with Gasteiger partial charge in [0.2, 0.25) is 5.95 Å². The van der Waals surface area contributed by atoms with Gasteiger partial charge in [-0.3, -0.25) is 0 Å². The van der Waals surface area contributed by atoms with Crippen LogP contribution in [0, 0.1) is 0 Å². The van der Waals surface area contributed by atoms with Crippen LogP contribution in [0.1, 0.15) is 20.3 Å². The van der Waals surface area contributed by atoms with Crippen LogP contribution in [0.5, 0.6) is 0 Å². The molecule has 1 heterocycles. The lowest BCUT2D eigenvalue weighted by Gasteiger charge is -2.20. The Labute approximate surface area is 78.3 Å². The lowest BCUT2D eigenvalue weighted by molar-refractivity contribution is 0.748. The minimum absolute atomic E-state index is 0.490. The minimum atomic E-state index is 0.490. The Balaban J connectivity index is 2.84. The molecule has 0 aliphatic rings. The van der Waals surface area contributed by atoms with E-state index in [0.29, 0.717) is 5.82 Å². The van der Waals surface area contributed by atoms with Gasteiger partial charge >= 0.3 is 0 Å². The summed E-state index contributed by atoms with van der Waals surface area (Å²) in [5.41, 5.74) is 5.58. The third kappa shape index (κ3) is 1.85. The van der Waals surface area contributed by atoms with Crippen molar-refractivity contribution in [3.8, 4) is 0 Å². The van der Waals surface area contributed by atoms with Crippen molar-refractivity contribution in [3.63, 3.8) is 0 Å². The maximum Gasteiger partial charge on any atom is 0.226 e. The molecule has 0 bridgehead atoms. The molecular formula is C8H17N5. The topological polar surface area (TPSA) is 73.1 Å². The highest BCUT2D eigenvalue weighted by atomic mass is 15.4. The van der Waals surface area contributed by atoms with Crippen LogP contribution < -0.4 is 16.5 Å². The normalized spacial score (nSPS) is 10.3. The molecule has 13 heavy (non-hydrogen) atoms. The highest BCUT2D eigenvalue weighted by Gasteiger charge is 2.10. The van der Waals surface area contributed by atoms with Crippen LogP contribution in [-0.4, -0.2) is 22.7 Å². The van der Waals surface area contributed by atoms with Crippen molar-refractivity contribution in [1.82, 2.24) is 9.66 Å². The number of anilines is 2. The quantitative estimate of drug-likeness (QED) is 0.663. The molecule has 0 fully saturated rings. The number of imidazole rings is 1. The second-order valence-electron chi connectivity index (χ2n) is 2.93. The number of aromatic nitrogens is 2. The third-order valence-corrected chi connectivity index (χ3v) is 1.96. The zero-order chi connectivity index (χ0) is 9.84. The Bertz CT molecular complexity index is 267. The number of nitrogens with zero attached hydrogens (tertiary/aromatic N) is 3. The van der Waals surface area contributed by atoms with Crippen molar-refractivity contribution in [2.45, 2.75) is 20.3 Å². The SMILES string of the molecule is CCCN(CC)c1ncc(N)n1N. The molecule has 0 aliphatic heterocycles. The Morgan fingerprint density at radius 3 is 2.62 bits per heavy atom. The fourth-order valence-electron chi connectivity index (χ4n) is 1.27. The molecule has 0 unspecified atom stereocenters. The van der Waals surface area contributed by atoms with Crippen LogP contribution >= 0.6 is 0 Å². The Morgan fingerprint density at radius 1 is 1.54 bits per heavy atom. The monoisotopic (exact) mass is 183 g/mol. The lowest BCUT2D eigenvalue weighted by Crippen LogP contribution is -2.29. The third-order valence-electron chi connectivity index (χ3n) is 1.96. The summed E-state index contributed by atoms with van der Waals surface area (Å²) in [6.07, 6.45) is 2.65. The number of hydrogen-bond donors (Lipinski definition) is 2. The molecule has 0 atom stereocenters. The van der Waals surface area contributed by atoms with E-state index in [2.05, 4.69) is 23.7 Å². The molecule has 0 radical (unpaired) electrons. The number of nitrogens with two attached hydrogens (primary N) is 2. The molecule has 4 N–H and O–H groups in total. The van der Waals surface area contributed by atoms with Gasteiger partial charge in [0.15, 0.2) is 0 Å². The lowest BCUT2D eigenvalue weighted by atomic mass is 10.4. The van der Waals surface area contributed by atoms with Crippen LogP contribution in [0.4, 0.5) is 11.8 Å². The van der Waals surface area contributed by atoms with Gasteiger partial charge in [-0.2, -0.15) is 0 Å². The highest BCUT2D eigenvalue weighted by Crippen LogP contribution is 2.13. The molecule has 74 valence electrons. The molecule has 1 aromatic rings. The molecule has 0 saturated carbocycles. The summed E-state index contributed by atoms with van der Waals surface area (Å²) in [7, 11) is 0. The van der Waals surface area contributed by atoms with Crippen LogP contribution in [0.15, 0.2) is 6.20 Å².